The van der Waals surface area contributed by atoms with Crippen molar-refractivity contribution in [3.8, 4) is 5.75 Å². The molecule has 1 fully saturated rings. The highest BCUT2D eigenvalue weighted by molar-refractivity contribution is 7.88. The maximum absolute atomic E-state index is 12.8. The number of nitrogens with zero attached hydrogens (tertiary/aromatic N) is 1. The Kier molecular flexibility index (Phi) is 8.82. The topological polar surface area (TPSA) is 75.7 Å². The lowest BCUT2D eigenvalue weighted by molar-refractivity contribution is -0.126. The highest BCUT2D eigenvalue weighted by atomic mass is 35.5. The Morgan fingerprint density at radius 1 is 1.12 bits per heavy atom. The zero-order valence-corrected chi connectivity index (χ0v) is 20.3. The van der Waals surface area contributed by atoms with Crippen molar-refractivity contribution in [1.29, 1.82) is 0 Å². The first kappa shape index (κ1) is 24.8. The van der Waals surface area contributed by atoms with Crippen LogP contribution in [0.4, 0.5) is 0 Å². The SMILES string of the molecule is COc1ccccc1CCCNC(=O)C1CCN(S(=O)(=O)Cc2ccc(Cl)cc2Cl)CC1. The summed E-state index contributed by atoms with van der Waals surface area (Å²) in [5.74, 6) is 0.491. The number of nitrogens with one attached hydrogen (secondary N) is 1. The van der Waals surface area contributed by atoms with Crippen LogP contribution in [0.2, 0.25) is 10.0 Å². The summed E-state index contributed by atoms with van der Waals surface area (Å²) in [6.45, 7) is 1.23. The molecule has 0 aromatic heterocycles. The van der Waals surface area contributed by atoms with E-state index in [1.54, 1.807) is 25.3 Å². The second-order valence-electron chi connectivity index (χ2n) is 7.87. The molecule has 1 aliphatic heterocycles. The Morgan fingerprint density at radius 2 is 1.84 bits per heavy atom. The molecule has 0 unspecified atom stereocenters. The van der Waals surface area contributed by atoms with Crippen LogP contribution in [0.5, 0.6) is 5.75 Å². The second-order valence-corrected chi connectivity index (χ2v) is 10.7. The van der Waals surface area contributed by atoms with Crippen LogP contribution in [-0.2, 0) is 27.0 Å². The summed E-state index contributed by atoms with van der Waals surface area (Å²) in [6, 6.07) is 12.7. The van der Waals surface area contributed by atoms with E-state index in [0.717, 1.165) is 24.2 Å². The van der Waals surface area contributed by atoms with Crippen LogP contribution in [0.25, 0.3) is 0 Å². The van der Waals surface area contributed by atoms with Crippen LogP contribution in [0.1, 0.15) is 30.4 Å². The molecule has 1 heterocycles. The number of hydrogen-bond donors (Lipinski definition) is 1. The molecule has 0 spiro atoms. The van der Waals surface area contributed by atoms with Crippen LogP contribution in [0, 0.1) is 5.92 Å². The van der Waals surface area contributed by atoms with E-state index in [1.165, 1.54) is 4.31 Å². The molecule has 1 aliphatic rings. The smallest absolute Gasteiger partial charge is 0.223 e. The summed E-state index contributed by atoms with van der Waals surface area (Å²) in [6.07, 6.45) is 2.63. The molecule has 3 rings (SSSR count). The minimum atomic E-state index is -3.52. The molecule has 1 saturated heterocycles. The van der Waals surface area contributed by atoms with Crippen LogP contribution in [0.15, 0.2) is 42.5 Å². The lowest BCUT2D eigenvalue weighted by atomic mass is 9.97. The van der Waals surface area contributed by atoms with Gasteiger partial charge >= 0.3 is 0 Å². The highest BCUT2D eigenvalue weighted by Crippen LogP contribution is 2.26. The van der Waals surface area contributed by atoms with Crippen LogP contribution >= 0.6 is 23.2 Å². The molecule has 2 aromatic carbocycles. The summed E-state index contributed by atoms with van der Waals surface area (Å²) >= 11 is 12.0. The van der Waals surface area contributed by atoms with Crippen LogP contribution in [-0.4, -0.2) is 45.4 Å². The van der Waals surface area contributed by atoms with Crippen molar-refractivity contribution in [2.24, 2.45) is 5.92 Å². The lowest BCUT2D eigenvalue weighted by Crippen LogP contribution is -2.43. The fourth-order valence-electron chi connectivity index (χ4n) is 3.87. The van der Waals surface area contributed by atoms with Gasteiger partial charge in [0, 0.05) is 35.6 Å². The van der Waals surface area contributed by atoms with Crippen molar-refractivity contribution in [2.75, 3.05) is 26.7 Å². The van der Waals surface area contributed by atoms with Crippen molar-refractivity contribution < 1.29 is 17.9 Å². The molecule has 0 atom stereocenters. The van der Waals surface area contributed by atoms with Gasteiger partial charge < -0.3 is 10.1 Å². The van der Waals surface area contributed by atoms with Gasteiger partial charge in [0.1, 0.15) is 5.75 Å². The summed E-state index contributed by atoms with van der Waals surface area (Å²) in [5.41, 5.74) is 1.63. The lowest BCUT2D eigenvalue weighted by Gasteiger charge is -2.30. The number of halogens is 2. The summed E-state index contributed by atoms with van der Waals surface area (Å²) in [7, 11) is -1.87. The minimum Gasteiger partial charge on any atom is -0.496 e. The van der Waals surface area contributed by atoms with Gasteiger partial charge in [-0.15, -0.1) is 0 Å². The summed E-state index contributed by atoms with van der Waals surface area (Å²) in [5, 5.41) is 3.79. The number of hydrogen-bond acceptors (Lipinski definition) is 4. The van der Waals surface area contributed by atoms with Gasteiger partial charge in [-0.1, -0.05) is 47.5 Å². The van der Waals surface area contributed by atoms with E-state index in [0.29, 0.717) is 48.1 Å². The monoisotopic (exact) mass is 498 g/mol. The normalized spacial score (nSPS) is 15.5. The molecule has 0 saturated carbocycles. The number of rotatable bonds is 9. The van der Waals surface area contributed by atoms with Crippen molar-refractivity contribution >= 4 is 39.1 Å². The average molecular weight is 499 g/mol. The van der Waals surface area contributed by atoms with Gasteiger partial charge in [0.05, 0.1) is 12.9 Å². The third kappa shape index (κ3) is 6.61. The molecule has 1 N–H and O–H groups in total. The van der Waals surface area contributed by atoms with Gasteiger partial charge in [-0.05, 0) is 55.0 Å². The Balaban J connectivity index is 1.43. The van der Waals surface area contributed by atoms with Gasteiger partial charge in [-0.2, -0.15) is 0 Å². The summed E-state index contributed by atoms with van der Waals surface area (Å²) in [4.78, 5) is 12.5. The molecule has 32 heavy (non-hydrogen) atoms. The van der Waals surface area contributed by atoms with E-state index in [1.807, 2.05) is 24.3 Å². The van der Waals surface area contributed by atoms with Crippen molar-refractivity contribution in [2.45, 2.75) is 31.4 Å². The van der Waals surface area contributed by atoms with E-state index in [-0.39, 0.29) is 17.6 Å². The molecule has 0 bridgehead atoms. The third-order valence-corrected chi connectivity index (χ3v) is 8.10. The number of amides is 1. The number of piperidine rings is 1. The van der Waals surface area contributed by atoms with Crippen LogP contribution < -0.4 is 10.1 Å². The molecule has 0 radical (unpaired) electrons. The Labute approximate surface area is 199 Å². The quantitative estimate of drug-likeness (QED) is 0.523. The largest absolute Gasteiger partial charge is 0.496 e. The number of carbonyl (C=O) groups excluding carboxylic acids is 1. The van der Waals surface area contributed by atoms with E-state index >= 15 is 0 Å². The second kappa shape index (κ2) is 11.4. The first-order chi connectivity index (χ1) is 15.3. The number of benzene rings is 2. The van der Waals surface area contributed by atoms with E-state index in [2.05, 4.69) is 5.32 Å². The maximum atomic E-state index is 12.8. The van der Waals surface area contributed by atoms with Gasteiger partial charge in [0.2, 0.25) is 15.9 Å². The number of aryl methyl sites for hydroxylation is 1. The minimum absolute atomic E-state index is 0.0113. The number of methoxy groups -OCH3 is 1. The molecule has 6 nitrogen and oxygen atoms in total. The van der Waals surface area contributed by atoms with Crippen molar-refractivity contribution in [3.05, 3.63) is 63.6 Å². The van der Waals surface area contributed by atoms with Gasteiger partial charge in [0.15, 0.2) is 0 Å². The Hall–Kier alpha value is -1.80. The van der Waals surface area contributed by atoms with Gasteiger partial charge in [-0.3, -0.25) is 4.79 Å². The zero-order chi connectivity index (χ0) is 23.1. The van der Waals surface area contributed by atoms with E-state index in [9.17, 15) is 13.2 Å². The Bertz CT molecular complexity index is 1040. The first-order valence-electron chi connectivity index (χ1n) is 10.6. The average Bonchev–Trinajstić information content (AvgIpc) is 2.78. The molecule has 0 aliphatic carbocycles. The molecule has 2 aromatic rings. The molecule has 174 valence electrons. The first-order valence-corrected chi connectivity index (χ1v) is 13.0. The molecule has 9 heteroatoms. The van der Waals surface area contributed by atoms with E-state index < -0.39 is 10.0 Å². The molecular formula is C23H28Cl2N2O4S. The predicted molar refractivity (Wildman–Crippen MR) is 128 cm³/mol. The van der Waals surface area contributed by atoms with Gasteiger partial charge in [0.25, 0.3) is 0 Å². The predicted octanol–water partition coefficient (Wildman–Crippen LogP) is 4.29. The van der Waals surface area contributed by atoms with Crippen molar-refractivity contribution in [3.63, 3.8) is 0 Å². The zero-order valence-electron chi connectivity index (χ0n) is 18.0. The third-order valence-electron chi connectivity index (χ3n) is 5.69. The van der Waals surface area contributed by atoms with E-state index in [4.69, 9.17) is 27.9 Å². The maximum Gasteiger partial charge on any atom is 0.223 e. The summed E-state index contributed by atoms with van der Waals surface area (Å²) < 4.78 is 32.4. The molecule has 1 amide bonds. The number of carbonyl (C=O) groups is 1. The van der Waals surface area contributed by atoms with Gasteiger partial charge in [-0.25, -0.2) is 12.7 Å². The molecular weight excluding hydrogens is 471 g/mol. The standard InChI is InChI=1S/C23H28Cl2N2O4S/c1-31-22-7-3-2-5-17(22)6-4-12-26-23(28)18-10-13-27(14-11-18)32(29,30)16-19-8-9-20(24)15-21(19)25/h2-3,5,7-9,15,18H,4,6,10-14,16H2,1H3,(H,26,28). The highest BCUT2D eigenvalue weighted by Gasteiger charge is 2.31. The number of para-hydroxylation sites is 1. The van der Waals surface area contributed by atoms with Crippen LogP contribution in [0.3, 0.4) is 0 Å². The fraction of sp³-hybridized carbons (Fsp3) is 0.435. The number of ether oxygens (including phenoxy) is 1. The number of sulfonamides is 1. The van der Waals surface area contributed by atoms with Crippen molar-refractivity contribution in [1.82, 2.24) is 9.62 Å². The fourth-order valence-corrected chi connectivity index (χ4v) is 6.02. The Morgan fingerprint density at radius 3 is 2.53 bits per heavy atom.